The summed E-state index contributed by atoms with van der Waals surface area (Å²) in [7, 11) is 0. The minimum Gasteiger partial charge on any atom is -0.211 e. The zero-order chi connectivity index (χ0) is 11.4. The number of rotatable bonds is 3. The van der Waals surface area contributed by atoms with Gasteiger partial charge in [0.15, 0.2) is 0 Å². The summed E-state index contributed by atoms with van der Waals surface area (Å²) in [6.45, 7) is 0. The maximum atomic E-state index is 12.2. The van der Waals surface area contributed by atoms with E-state index >= 15 is 0 Å². The fourth-order valence-electron chi connectivity index (χ4n) is 0.860. The van der Waals surface area contributed by atoms with Crippen molar-refractivity contribution in [3.05, 3.63) is 22.2 Å². The largest absolute Gasteiger partial charge is 0.289 e. The standard InChI is InChI=1S/C8H3Cl2F2NOS/c9-4-1-2-5(13-3-14)7(6(4)10)15-8(11)12/h1-2,8H. The second kappa shape index (κ2) is 5.47. The molecule has 0 radical (unpaired) electrons. The van der Waals surface area contributed by atoms with Gasteiger partial charge in [-0.15, -0.1) is 0 Å². The van der Waals surface area contributed by atoms with Crippen LogP contribution >= 0.6 is 35.0 Å². The lowest BCUT2D eigenvalue weighted by Crippen LogP contribution is -1.84. The molecular weight excluding hydrogens is 267 g/mol. The molecule has 80 valence electrons. The van der Waals surface area contributed by atoms with Gasteiger partial charge < -0.3 is 0 Å². The minimum absolute atomic E-state index is 0.0254. The number of carbonyl (C=O) groups excluding carboxylic acids is 1. The lowest BCUT2D eigenvalue weighted by molar-refractivity contribution is 0.252. The summed E-state index contributed by atoms with van der Waals surface area (Å²) in [6, 6.07) is 2.69. The highest BCUT2D eigenvalue weighted by atomic mass is 35.5. The third-order valence-corrected chi connectivity index (χ3v) is 3.15. The number of alkyl halides is 2. The van der Waals surface area contributed by atoms with Crippen molar-refractivity contribution in [1.29, 1.82) is 0 Å². The molecule has 0 aliphatic heterocycles. The van der Waals surface area contributed by atoms with Gasteiger partial charge in [-0.25, -0.2) is 4.79 Å². The van der Waals surface area contributed by atoms with E-state index in [1.54, 1.807) is 0 Å². The molecular formula is C8H3Cl2F2NOS. The highest BCUT2D eigenvalue weighted by Gasteiger charge is 2.16. The van der Waals surface area contributed by atoms with Crippen LogP contribution in [-0.4, -0.2) is 11.8 Å². The average molecular weight is 270 g/mol. The molecule has 0 saturated carbocycles. The van der Waals surface area contributed by atoms with Gasteiger partial charge in [0.05, 0.1) is 20.6 Å². The molecule has 1 aromatic rings. The summed E-state index contributed by atoms with van der Waals surface area (Å²) in [6.07, 6.45) is 1.26. The van der Waals surface area contributed by atoms with E-state index in [0.717, 1.165) is 0 Å². The molecule has 1 aromatic carbocycles. The Hall–Kier alpha value is -0.610. The van der Waals surface area contributed by atoms with Crippen molar-refractivity contribution in [2.75, 3.05) is 0 Å². The second-order valence-corrected chi connectivity index (χ2v) is 4.08. The van der Waals surface area contributed by atoms with Crippen molar-refractivity contribution in [3.8, 4) is 0 Å². The Morgan fingerprint density at radius 3 is 2.60 bits per heavy atom. The van der Waals surface area contributed by atoms with E-state index < -0.39 is 5.76 Å². The van der Waals surface area contributed by atoms with Crippen LogP contribution in [0.2, 0.25) is 10.0 Å². The first-order chi connectivity index (χ1) is 7.06. The number of hydrogen-bond acceptors (Lipinski definition) is 3. The van der Waals surface area contributed by atoms with Gasteiger partial charge in [-0.2, -0.15) is 13.8 Å². The number of aliphatic imine (C=N–C) groups is 1. The number of isocyanates is 1. The SMILES string of the molecule is O=C=Nc1ccc(Cl)c(Cl)c1SC(F)F. The van der Waals surface area contributed by atoms with Crippen molar-refractivity contribution in [2.24, 2.45) is 4.99 Å². The van der Waals surface area contributed by atoms with Gasteiger partial charge in [0.2, 0.25) is 6.08 Å². The topological polar surface area (TPSA) is 29.4 Å². The van der Waals surface area contributed by atoms with Gasteiger partial charge in [-0.05, 0) is 12.1 Å². The normalized spacial score (nSPS) is 10.2. The van der Waals surface area contributed by atoms with Crippen LogP contribution in [0.3, 0.4) is 0 Å². The zero-order valence-corrected chi connectivity index (χ0v) is 9.34. The van der Waals surface area contributed by atoms with Gasteiger partial charge in [0.25, 0.3) is 5.76 Å². The third kappa shape index (κ3) is 3.18. The Balaban J connectivity index is 3.27. The molecule has 0 saturated heterocycles. The molecule has 0 amide bonds. The third-order valence-electron chi connectivity index (χ3n) is 1.40. The molecule has 7 heteroatoms. The van der Waals surface area contributed by atoms with Gasteiger partial charge >= 0.3 is 0 Å². The van der Waals surface area contributed by atoms with E-state index in [2.05, 4.69) is 4.99 Å². The fourth-order valence-corrected chi connectivity index (χ4v) is 1.99. The average Bonchev–Trinajstić information content (AvgIpc) is 2.17. The van der Waals surface area contributed by atoms with Crippen LogP contribution in [0.4, 0.5) is 14.5 Å². The second-order valence-electron chi connectivity index (χ2n) is 2.29. The van der Waals surface area contributed by atoms with Gasteiger partial charge in [-0.3, -0.25) is 0 Å². The molecule has 15 heavy (non-hydrogen) atoms. The van der Waals surface area contributed by atoms with Crippen LogP contribution in [0, 0.1) is 0 Å². The highest BCUT2D eigenvalue weighted by Crippen LogP contribution is 2.42. The number of hydrogen-bond donors (Lipinski definition) is 0. The summed E-state index contributed by atoms with van der Waals surface area (Å²) in [5, 5.41) is 0.0862. The minimum atomic E-state index is -2.67. The van der Waals surface area contributed by atoms with Gasteiger partial charge in [0.1, 0.15) is 0 Å². The Bertz CT molecular complexity index is 421. The van der Waals surface area contributed by atoms with Crippen molar-refractivity contribution >= 4 is 46.7 Å². The summed E-state index contributed by atoms with van der Waals surface area (Å²) >= 11 is 11.5. The number of thioether (sulfide) groups is 1. The van der Waals surface area contributed by atoms with E-state index in [9.17, 15) is 13.6 Å². The lowest BCUT2D eigenvalue weighted by atomic mass is 10.3. The summed E-state index contributed by atoms with van der Waals surface area (Å²) in [5.41, 5.74) is 0.0321. The van der Waals surface area contributed by atoms with Crippen LogP contribution in [0.15, 0.2) is 22.0 Å². The first-order valence-corrected chi connectivity index (χ1v) is 5.20. The Labute approximate surface area is 98.3 Å². The van der Waals surface area contributed by atoms with Crippen LogP contribution in [0.5, 0.6) is 0 Å². The predicted molar refractivity (Wildman–Crippen MR) is 56.1 cm³/mol. The van der Waals surface area contributed by atoms with Gasteiger partial charge in [0, 0.05) is 0 Å². The van der Waals surface area contributed by atoms with E-state index in [-0.39, 0.29) is 32.4 Å². The van der Waals surface area contributed by atoms with Crippen LogP contribution in [0.1, 0.15) is 0 Å². The Kier molecular flexibility index (Phi) is 4.54. The summed E-state index contributed by atoms with van der Waals surface area (Å²) < 4.78 is 24.3. The summed E-state index contributed by atoms with van der Waals surface area (Å²) in [4.78, 5) is 13.3. The van der Waals surface area contributed by atoms with Crippen molar-refractivity contribution in [1.82, 2.24) is 0 Å². The van der Waals surface area contributed by atoms with E-state index in [1.165, 1.54) is 18.2 Å². The van der Waals surface area contributed by atoms with Crippen molar-refractivity contribution < 1.29 is 13.6 Å². The molecule has 0 fully saturated rings. The number of halogens is 4. The molecule has 2 nitrogen and oxygen atoms in total. The molecule has 0 unspecified atom stereocenters. The monoisotopic (exact) mass is 269 g/mol. The molecule has 0 heterocycles. The predicted octanol–water partition coefficient (Wildman–Crippen LogP) is 4.28. The quantitative estimate of drug-likeness (QED) is 0.466. The van der Waals surface area contributed by atoms with Gasteiger partial charge in [-0.1, -0.05) is 35.0 Å². The Morgan fingerprint density at radius 1 is 1.40 bits per heavy atom. The molecule has 1 rings (SSSR count). The smallest absolute Gasteiger partial charge is 0.211 e. The molecule has 0 bridgehead atoms. The molecule has 0 atom stereocenters. The molecule has 0 N–H and O–H groups in total. The van der Waals surface area contributed by atoms with Crippen molar-refractivity contribution in [3.63, 3.8) is 0 Å². The zero-order valence-electron chi connectivity index (χ0n) is 7.01. The van der Waals surface area contributed by atoms with E-state index in [4.69, 9.17) is 23.2 Å². The van der Waals surface area contributed by atoms with Crippen LogP contribution < -0.4 is 0 Å². The maximum Gasteiger partial charge on any atom is 0.289 e. The van der Waals surface area contributed by atoms with E-state index in [0.29, 0.717) is 0 Å². The molecule has 0 spiro atoms. The molecule has 0 aliphatic rings. The van der Waals surface area contributed by atoms with Crippen LogP contribution in [-0.2, 0) is 4.79 Å². The van der Waals surface area contributed by atoms with E-state index in [1.807, 2.05) is 0 Å². The van der Waals surface area contributed by atoms with Crippen LogP contribution in [0.25, 0.3) is 0 Å². The first kappa shape index (κ1) is 12.5. The fraction of sp³-hybridized carbons (Fsp3) is 0.125. The molecule has 0 aliphatic carbocycles. The first-order valence-electron chi connectivity index (χ1n) is 3.57. The number of nitrogens with zero attached hydrogens (tertiary/aromatic N) is 1. The highest BCUT2D eigenvalue weighted by molar-refractivity contribution is 7.99. The Morgan fingerprint density at radius 2 is 2.07 bits per heavy atom. The summed E-state index contributed by atoms with van der Waals surface area (Å²) in [5.74, 6) is -2.67. The maximum absolute atomic E-state index is 12.2. The lowest BCUT2D eigenvalue weighted by Gasteiger charge is -2.06. The molecule has 0 aromatic heterocycles. The van der Waals surface area contributed by atoms with Crippen molar-refractivity contribution in [2.45, 2.75) is 10.7 Å². The number of benzene rings is 1.